The van der Waals surface area contributed by atoms with Crippen LogP contribution in [0.15, 0.2) is 54.6 Å². The maximum Gasteiger partial charge on any atom is 0.313 e. The monoisotopic (exact) mass is 324 g/mol. The number of carbonyl (C=O) groups excluding carboxylic acids is 2. The van der Waals surface area contributed by atoms with Crippen LogP contribution in [-0.2, 0) is 9.59 Å². The summed E-state index contributed by atoms with van der Waals surface area (Å²) in [5.41, 5.74) is 2.79. The highest BCUT2D eigenvalue weighted by molar-refractivity contribution is 6.39. The topological polar surface area (TPSA) is 49.4 Å². The van der Waals surface area contributed by atoms with Gasteiger partial charge in [-0.1, -0.05) is 56.3 Å². The molecule has 0 aromatic heterocycles. The zero-order valence-electron chi connectivity index (χ0n) is 14.5. The highest BCUT2D eigenvalue weighted by Gasteiger charge is 2.18. The average molecular weight is 324 g/mol. The Kier molecular flexibility index (Phi) is 6.13. The second kappa shape index (κ2) is 8.29. The molecule has 24 heavy (non-hydrogen) atoms. The van der Waals surface area contributed by atoms with Crippen LogP contribution in [0.2, 0.25) is 0 Å². The molecule has 0 atom stereocenters. The van der Waals surface area contributed by atoms with Gasteiger partial charge in [-0.3, -0.25) is 9.59 Å². The van der Waals surface area contributed by atoms with Gasteiger partial charge >= 0.3 is 11.8 Å². The van der Waals surface area contributed by atoms with Crippen molar-refractivity contribution in [2.75, 3.05) is 18.9 Å². The standard InChI is InChI=1S/C20H24N2O2/c1-15(2)13-14-22(3)20(24)19(23)21-18-11-9-17(10-12-18)16-7-5-4-6-8-16/h4-12,15H,13-14H2,1-3H3,(H,21,23). The van der Waals surface area contributed by atoms with E-state index >= 15 is 0 Å². The number of nitrogens with zero attached hydrogens (tertiary/aromatic N) is 1. The predicted molar refractivity (Wildman–Crippen MR) is 97.6 cm³/mol. The third kappa shape index (κ3) is 4.95. The molecule has 1 N–H and O–H groups in total. The Bertz CT molecular complexity index is 679. The summed E-state index contributed by atoms with van der Waals surface area (Å²) in [6.07, 6.45) is 0.876. The van der Waals surface area contributed by atoms with Crippen molar-refractivity contribution in [3.05, 3.63) is 54.6 Å². The van der Waals surface area contributed by atoms with Crippen molar-refractivity contribution in [2.24, 2.45) is 5.92 Å². The minimum absolute atomic E-state index is 0.494. The molecule has 4 heteroatoms. The molecule has 2 amide bonds. The Hall–Kier alpha value is -2.62. The molecule has 0 unspecified atom stereocenters. The summed E-state index contributed by atoms with van der Waals surface area (Å²) < 4.78 is 0. The Labute approximate surface area is 143 Å². The molecule has 0 aliphatic rings. The van der Waals surface area contributed by atoms with Gasteiger partial charge in [0.1, 0.15) is 0 Å². The van der Waals surface area contributed by atoms with Gasteiger partial charge < -0.3 is 10.2 Å². The smallest absolute Gasteiger partial charge is 0.313 e. The summed E-state index contributed by atoms with van der Waals surface area (Å²) in [5.74, 6) is -0.620. The van der Waals surface area contributed by atoms with Gasteiger partial charge in [0.25, 0.3) is 0 Å². The molecule has 0 aliphatic carbocycles. The first-order chi connectivity index (χ1) is 11.5. The van der Waals surface area contributed by atoms with Crippen LogP contribution >= 0.6 is 0 Å². The van der Waals surface area contributed by atoms with Crippen molar-refractivity contribution in [3.63, 3.8) is 0 Å². The molecular formula is C20H24N2O2. The SMILES string of the molecule is CC(C)CCN(C)C(=O)C(=O)Nc1ccc(-c2ccccc2)cc1. The molecule has 2 aromatic rings. The summed E-state index contributed by atoms with van der Waals surface area (Å²) in [5, 5.41) is 2.66. The van der Waals surface area contributed by atoms with E-state index in [-0.39, 0.29) is 0 Å². The quantitative estimate of drug-likeness (QED) is 0.851. The van der Waals surface area contributed by atoms with Gasteiger partial charge in [-0.2, -0.15) is 0 Å². The van der Waals surface area contributed by atoms with Gasteiger partial charge in [0, 0.05) is 19.3 Å². The van der Waals surface area contributed by atoms with E-state index in [4.69, 9.17) is 0 Å². The lowest BCUT2D eigenvalue weighted by Gasteiger charge is -2.17. The van der Waals surface area contributed by atoms with Crippen molar-refractivity contribution < 1.29 is 9.59 Å². The van der Waals surface area contributed by atoms with Gasteiger partial charge in [-0.25, -0.2) is 0 Å². The molecular weight excluding hydrogens is 300 g/mol. The fourth-order valence-electron chi connectivity index (χ4n) is 2.29. The number of carbonyl (C=O) groups is 2. The predicted octanol–water partition coefficient (Wildman–Crippen LogP) is 3.80. The third-order valence-electron chi connectivity index (χ3n) is 3.83. The van der Waals surface area contributed by atoms with Gasteiger partial charge in [-0.15, -0.1) is 0 Å². The second-order valence-corrected chi connectivity index (χ2v) is 6.31. The Morgan fingerprint density at radius 2 is 1.54 bits per heavy atom. The molecule has 0 saturated carbocycles. The zero-order valence-corrected chi connectivity index (χ0v) is 14.5. The normalized spacial score (nSPS) is 10.5. The van der Waals surface area contributed by atoms with Crippen LogP contribution in [0, 0.1) is 5.92 Å². The highest BCUT2D eigenvalue weighted by Crippen LogP contribution is 2.21. The van der Waals surface area contributed by atoms with Crippen molar-refractivity contribution in [2.45, 2.75) is 20.3 Å². The summed E-state index contributed by atoms with van der Waals surface area (Å²) in [6, 6.07) is 17.5. The van der Waals surface area contributed by atoms with E-state index in [1.807, 2.05) is 54.6 Å². The first-order valence-electron chi connectivity index (χ1n) is 8.19. The molecule has 0 radical (unpaired) electrons. The maximum atomic E-state index is 12.1. The number of likely N-dealkylation sites (N-methyl/N-ethyl adjacent to an activating group) is 1. The maximum absolute atomic E-state index is 12.1. The summed E-state index contributed by atoms with van der Waals surface area (Å²) in [4.78, 5) is 25.6. The van der Waals surface area contributed by atoms with E-state index in [1.165, 1.54) is 4.90 Å². The first kappa shape index (κ1) is 17.7. The molecule has 2 rings (SSSR count). The van der Waals surface area contributed by atoms with Crippen LogP contribution in [0.25, 0.3) is 11.1 Å². The van der Waals surface area contributed by atoms with E-state index in [1.54, 1.807) is 7.05 Å². The summed E-state index contributed by atoms with van der Waals surface area (Å²) >= 11 is 0. The molecule has 2 aromatic carbocycles. The number of nitrogens with one attached hydrogen (secondary N) is 1. The number of anilines is 1. The lowest BCUT2D eigenvalue weighted by molar-refractivity contribution is -0.142. The van der Waals surface area contributed by atoms with E-state index < -0.39 is 11.8 Å². The largest absolute Gasteiger partial charge is 0.337 e. The van der Waals surface area contributed by atoms with Gasteiger partial charge in [0.05, 0.1) is 0 Å². The van der Waals surface area contributed by atoms with Gasteiger partial charge in [0.15, 0.2) is 0 Å². The molecule has 0 fully saturated rings. The highest BCUT2D eigenvalue weighted by atomic mass is 16.2. The van der Waals surface area contributed by atoms with Crippen LogP contribution < -0.4 is 5.32 Å². The van der Waals surface area contributed by atoms with E-state index in [0.717, 1.165) is 17.5 Å². The van der Waals surface area contributed by atoms with Crippen molar-refractivity contribution in [3.8, 4) is 11.1 Å². The zero-order chi connectivity index (χ0) is 17.5. The minimum Gasteiger partial charge on any atom is -0.337 e. The van der Waals surface area contributed by atoms with Crippen LogP contribution in [0.4, 0.5) is 5.69 Å². The number of benzene rings is 2. The molecule has 0 heterocycles. The van der Waals surface area contributed by atoms with Crippen LogP contribution in [-0.4, -0.2) is 30.3 Å². The molecule has 126 valence electrons. The van der Waals surface area contributed by atoms with Crippen LogP contribution in [0.1, 0.15) is 20.3 Å². The first-order valence-corrected chi connectivity index (χ1v) is 8.19. The van der Waals surface area contributed by atoms with E-state index in [9.17, 15) is 9.59 Å². The molecule has 0 saturated heterocycles. The summed E-state index contributed by atoms with van der Waals surface area (Å²) in [6.45, 7) is 4.76. The number of hydrogen-bond donors (Lipinski definition) is 1. The van der Waals surface area contributed by atoms with Crippen LogP contribution in [0.3, 0.4) is 0 Å². The van der Waals surface area contributed by atoms with Crippen molar-refractivity contribution in [1.82, 2.24) is 4.90 Å². The molecule has 0 spiro atoms. The molecule has 0 aliphatic heterocycles. The lowest BCUT2D eigenvalue weighted by Crippen LogP contribution is -2.37. The lowest BCUT2D eigenvalue weighted by atomic mass is 10.1. The van der Waals surface area contributed by atoms with E-state index in [0.29, 0.717) is 18.2 Å². The Morgan fingerprint density at radius 1 is 0.958 bits per heavy atom. The molecule has 4 nitrogen and oxygen atoms in total. The Morgan fingerprint density at radius 3 is 2.12 bits per heavy atom. The van der Waals surface area contributed by atoms with Gasteiger partial charge in [0.2, 0.25) is 0 Å². The second-order valence-electron chi connectivity index (χ2n) is 6.31. The molecule has 0 bridgehead atoms. The summed E-state index contributed by atoms with van der Waals surface area (Å²) in [7, 11) is 1.66. The average Bonchev–Trinajstić information content (AvgIpc) is 2.60. The fraction of sp³-hybridized carbons (Fsp3) is 0.300. The van der Waals surface area contributed by atoms with Gasteiger partial charge in [-0.05, 0) is 35.6 Å². The van der Waals surface area contributed by atoms with E-state index in [2.05, 4.69) is 19.2 Å². The van der Waals surface area contributed by atoms with Crippen molar-refractivity contribution in [1.29, 1.82) is 0 Å². The number of amides is 2. The van der Waals surface area contributed by atoms with Crippen LogP contribution in [0.5, 0.6) is 0 Å². The third-order valence-corrected chi connectivity index (χ3v) is 3.83. The fourth-order valence-corrected chi connectivity index (χ4v) is 2.29. The van der Waals surface area contributed by atoms with Crippen molar-refractivity contribution >= 4 is 17.5 Å². The number of hydrogen-bond acceptors (Lipinski definition) is 2. The minimum atomic E-state index is -0.603. The number of rotatable bonds is 5. The Balaban J connectivity index is 1.95.